The quantitative estimate of drug-likeness (QED) is 0.824. The van der Waals surface area contributed by atoms with Gasteiger partial charge in [0.25, 0.3) is 0 Å². The highest BCUT2D eigenvalue weighted by Crippen LogP contribution is 2.60. The van der Waals surface area contributed by atoms with E-state index in [4.69, 9.17) is 17.0 Å². The molecule has 1 aromatic carbocycles. The molecule has 0 aliphatic heterocycles. The van der Waals surface area contributed by atoms with E-state index in [0.717, 1.165) is 30.7 Å². The monoisotopic (exact) mass is 254 g/mol. The van der Waals surface area contributed by atoms with E-state index in [1.807, 2.05) is 6.07 Å². The molecule has 1 aromatic rings. The van der Waals surface area contributed by atoms with Crippen molar-refractivity contribution in [3.8, 4) is 5.75 Å². The number of ether oxygens (including phenoxy) is 1. The van der Waals surface area contributed by atoms with Gasteiger partial charge >= 0.3 is 0 Å². The second-order valence-corrected chi connectivity index (χ2v) is 6.34. The summed E-state index contributed by atoms with van der Waals surface area (Å²) in [6.45, 7) is 7.24. The zero-order chi connectivity index (χ0) is 13.0. The van der Waals surface area contributed by atoms with E-state index in [-0.39, 0.29) is 6.10 Å². The van der Waals surface area contributed by atoms with E-state index in [0.29, 0.717) is 11.5 Å². The van der Waals surface area contributed by atoms with Crippen molar-refractivity contribution in [1.82, 2.24) is 0 Å². The fourth-order valence-corrected chi connectivity index (χ4v) is 3.65. The minimum absolute atomic E-state index is 0.261. The molecule has 0 bridgehead atoms. The fraction of sp³-hybridized carbons (Fsp3) is 0.562. The Labute approximate surface area is 113 Å². The minimum atomic E-state index is 0.261. The molecule has 3 nitrogen and oxygen atoms in total. The number of rotatable bonds is 2. The van der Waals surface area contributed by atoms with E-state index in [1.54, 1.807) is 0 Å². The number of hydrogen-bond donors (Lipinski definition) is 1. The van der Waals surface area contributed by atoms with Crippen molar-refractivity contribution in [1.29, 1.82) is 0 Å². The van der Waals surface area contributed by atoms with E-state index in [2.05, 4.69) is 10.9 Å². The molecule has 3 aliphatic carbocycles. The van der Waals surface area contributed by atoms with E-state index >= 15 is 0 Å². The van der Waals surface area contributed by atoms with Gasteiger partial charge in [0.15, 0.2) is 5.69 Å². The molecule has 0 amide bonds. The van der Waals surface area contributed by atoms with Crippen LogP contribution in [0.25, 0.3) is 4.85 Å². The molecule has 0 aromatic heterocycles. The normalized spacial score (nSPS) is 29.5. The summed E-state index contributed by atoms with van der Waals surface area (Å²) in [5, 5.41) is 0. The maximum atomic E-state index is 7.24. The molecule has 2 fully saturated rings. The van der Waals surface area contributed by atoms with Gasteiger partial charge in [-0.2, -0.15) is 0 Å². The van der Waals surface area contributed by atoms with Crippen LogP contribution in [0.2, 0.25) is 0 Å². The molecular formula is C16H18N2O. The largest absolute Gasteiger partial charge is 0.491 e. The van der Waals surface area contributed by atoms with Crippen molar-refractivity contribution in [3.63, 3.8) is 0 Å². The summed E-state index contributed by atoms with van der Waals surface area (Å²) in [6.07, 6.45) is 7.09. The number of aryl methyl sites for hydroxylation is 1. The van der Waals surface area contributed by atoms with Crippen LogP contribution in [-0.4, -0.2) is 12.1 Å². The molecule has 0 radical (unpaired) electrons. The Balaban J connectivity index is 1.72. The summed E-state index contributed by atoms with van der Waals surface area (Å²) in [5.74, 6) is 0.982. The molecule has 98 valence electrons. The first-order chi connectivity index (χ1) is 9.20. The second-order valence-electron chi connectivity index (χ2n) is 6.34. The maximum absolute atomic E-state index is 7.24. The van der Waals surface area contributed by atoms with Crippen molar-refractivity contribution >= 4 is 5.69 Å². The Kier molecular flexibility index (Phi) is 2.23. The highest BCUT2D eigenvalue weighted by Gasteiger charge is 2.50. The van der Waals surface area contributed by atoms with Crippen LogP contribution >= 0.6 is 0 Å². The lowest BCUT2D eigenvalue weighted by Gasteiger charge is -2.33. The highest BCUT2D eigenvalue weighted by molar-refractivity contribution is 5.62. The molecule has 3 heteroatoms. The van der Waals surface area contributed by atoms with Gasteiger partial charge in [0.1, 0.15) is 11.9 Å². The van der Waals surface area contributed by atoms with Gasteiger partial charge in [0, 0.05) is 11.6 Å². The predicted molar refractivity (Wildman–Crippen MR) is 73.6 cm³/mol. The average molecular weight is 254 g/mol. The third kappa shape index (κ3) is 1.67. The second kappa shape index (κ2) is 3.74. The number of benzene rings is 1. The van der Waals surface area contributed by atoms with E-state index < -0.39 is 0 Å². The van der Waals surface area contributed by atoms with Gasteiger partial charge in [-0.25, -0.2) is 4.85 Å². The number of nitrogens with zero attached hydrogens (tertiary/aromatic N) is 1. The molecule has 2 saturated carbocycles. The van der Waals surface area contributed by atoms with Crippen LogP contribution in [0.4, 0.5) is 5.69 Å². The summed E-state index contributed by atoms with van der Waals surface area (Å²) >= 11 is 0. The van der Waals surface area contributed by atoms with Gasteiger partial charge < -0.3 is 10.5 Å². The molecular weight excluding hydrogens is 236 g/mol. The summed E-state index contributed by atoms with van der Waals surface area (Å²) in [4.78, 5) is 3.59. The molecule has 4 rings (SSSR count). The minimum Gasteiger partial charge on any atom is -0.491 e. The highest BCUT2D eigenvalue weighted by atomic mass is 16.5. The molecule has 19 heavy (non-hydrogen) atoms. The zero-order valence-electron chi connectivity index (χ0n) is 11.0. The lowest BCUT2D eigenvalue weighted by Crippen LogP contribution is -2.43. The average Bonchev–Trinajstić information content (AvgIpc) is 3.04. The molecule has 0 saturated heterocycles. The SMILES string of the molecule is [C-]#[N+]c1cc2c(c(OC3CC(N)C3)c1)C1(CC2)CC1. The van der Waals surface area contributed by atoms with Gasteiger partial charge in [-0.05, 0) is 50.0 Å². The predicted octanol–water partition coefficient (Wildman–Crippen LogP) is 3.08. The first-order valence-corrected chi connectivity index (χ1v) is 7.17. The molecule has 2 N–H and O–H groups in total. The first kappa shape index (κ1) is 11.3. The Bertz CT molecular complexity index is 577. The van der Waals surface area contributed by atoms with Gasteiger partial charge in [-0.15, -0.1) is 0 Å². The Morgan fingerprint density at radius 2 is 2.05 bits per heavy atom. The van der Waals surface area contributed by atoms with Gasteiger partial charge in [0.2, 0.25) is 0 Å². The molecule has 0 heterocycles. The maximum Gasteiger partial charge on any atom is 0.191 e. The molecule has 1 spiro atoms. The van der Waals surface area contributed by atoms with Crippen LogP contribution < -0.4 is 10.5 Å². The fourth-order valence-electron chi connectivity index (χ4n) is 3.65. The van der Waals surface area contributed by atoms with Crippen molar-refractivity contribution < 1.29 is 4.74 Å². The lowest BCUT2D eigenvalue weighted by atomic mass is 9.90. The number of fused-ring (bicyclic) bond motifs is 2. The van der Waals surface area contributed by atoms with Crippen LogP contribution in [0.1, 0.15) is 43.2 Å². The van der Waals surface area contributed by atoms with Crippen LogP contribution in [-0.2, 0) is 11.8 Å². The van der Waals surface area contributed by atoms with E-state index in [9.17, 15) is 0 Å². The van der Waals surface area contributed by atoms with Crippen LogP contribution in [0.3, 0.4) is 0 Å². The molecule has 0 unspecified atom stereocenters. The Morgan fingerprint density at radius 1 is 1.26 bits per heavy atom. The van der Waals surface area contributed by atoms with Crippen molar-refractivity contribution in [3.05, 3.63) is 34.7 Å². The third-order valence-electron chi connectivity index (χ3n) is 4.98. The van der Waals surface area contributed by atoms with E-state index in [1.165, 1.54) is 30.4 Å². The van der Waals surface area contributed by atoms with Crippen LogP contribution in [0.15, 0.2) is 12.1 Å². The van der Waals surface area contributed by atoms with Crippen LogP contribution in [0.5, 0.6) is 5.75 Å². The molecule has 3 aliphatic rings. The topological polar surface area (TPSA) is 39.6 Å². The van der Waals surface area contributed by atoms with Gasteiger partial charge in [-0.1, -0.05) is 11.6 Å². The first-order valence-electron chi connectivity index (χ1n) is 7.17. The van der Waals surface area contributed by atoms with Crippen molar-refractivity contribution in [2.45, 2.75) is 56.1 Å². The smallest absolute Gasteiger partial charge is 0.191 e. The van der Waals surface area contributed by atoms with Gasteiger partial charge in [-0.3, -0.25) is 0 Å². The van der Waals surface area contributed by atoms with Crippen molar-refractivity contribution in [2.24, 2.45) is 5.73 Å². The van der Waals surface area contributed by atoms with Gasteiger partial charge in [0.05, 0.1) is 6.57 Å². The Hall–Kier alpha value is -1.53. The van der Waals surface area contributed by atoms with Crippen molar-refractivity contribution in [2.75, 3.05) is 0 Å². The third-order valence-corrected chi connectivity index (χ3v) is 4.98. The Morgan fingerprint density at radius 3 is 2.68 bits per heavy atom. The molecule has 0 atom stereocenters. The lowest BCUT2D eigenvalue weighted by molar-refractivity contribution is 0.0993. The standard InChI is InChI=1S/C16H18N2O/c1-18-12-6-10-2-3-16(4-5-16)15(10)14(9-12)19-13-7-11(17)8-13/h6,9,11,13H,2-5,7-8,17H2. The number of hydrogen-bond acceptors (Lipinski definition) is 2. The summed E-state index contributed by atoms with van der Waals surface area (Å²) in [6, 6.07) is 4.31. The summed E-state index contributed by atoms with van der Waals surface area (Å²) in [5.41, 5.74) is 9.71. The zero-order valence-corrected chi connectivity index (χ0v) is 11.0. The number of nitrogens with two attached hydrogens (primary N) is 1. The van der Waals surface area contributed by atoms with Crippen LogP contribution in [0, 0.1) is 6.57 Å². The summed E-state index contributed by atoms with van der Waals surface area (Å²) in [7, 11) is 0. The summed E-state index contributed by atoms with van der Waals surface area (Å²) < 4.78 is 6.16.